The van der Waals surface area contributed by atoms with Gasteiger partial charge in [-0.25, -0.2) is 4.98 Å². The number of morpholine rings is 1. The molecular weight excluding hydrogens is 396 g/mol. The van der Waals surface area contributed by atoms with E-state index in [1.807, 2.05) is 12.1 Å². The molecule has 2 aliphatic rings. The molecule has 31 heavy (non-hydrogen) atoms. The van der Waals surface area contributed by atoms with Gasteiger partial charge in [0.05, 0.1) is 36.3 Å². The van der Waals surface area contributed by atoms with E-state index in [0.717, 1.165) is 37.2 Å². The third-order valence-electron chi connectivity index (χ3n) is 6.72. The summed E-state index contributed by atoms with van der Waals surface area (Å²) in [6.07, 6.45) is 6.05. The Morgan fingerprint density at radius 3 is 2.81 bits per heavy atom. The minimum atomic E-state index is -0.778. The molecule has 0 aromatic carbocycles. The van der Waals surface area contributed by atoms with Crippen LogP contribution in [0.5, 0.6) is 0 Å². The van der Waals surface area contributed by atoms with Crippen molar-refractivity contribution in [2.45, 2.75) is 50.5 Å². The highest BCUT2D eigenvalue weighted by molar-refractivity contribution is 5.99. The maximum atomic E-state index is 12.9. The quantitative estimate of drug-likeness (QED) is 0.578. The fourth-order valence-corrected chi connectivity index (χ4v) is 5.06. The lowest BCUT2D eigenvalue weighted by Gasteiger charge is -2.38. The van der Waals surface area contributed by atoms with Crippen molar-refractivity contribution in [3.63, 3.8) is 0 Å². The van der Waals surface area contributed by atoms with Crippen LogP contribution in [0.25, 0.3) is 16.9 Å². The van der Waals surface area contributed by atoms with E-state index in [-0.39, 0.29) is 11.9 Å². The molecule has 0 bridgehead atoms. The highest BCUT2D eigenvalue weighted by Crippen LogP contribution is 2.45. The maximum Gasteiger partial charge on any atom is 0.228 e. The molecule has 1 saturated heterocycles. The predicted molar refractivity (Wildman–Crippen MR) is 117 cm³/mol. The van der Waals surface area contributed by atoms with Gasteiger partial charge in [0.2, 0.25) is 5.91 Å². The Bertz CT molecular complexity index is 1100. The topological polar surface area (TPSA) is 141 Å². The van der Waals surface area contributed by atoms with Gasteiger partial charge in [0.15, 0.2) is 17.3 Å². The largest absolute Gasteiger partial charge is 0.382 e. The van der Waals surface area contributed by atoms with Gasteiger partial charge in [-0.3, -0.25) is 9.89 Å². The van der Waals surface area contributed by atoms with Crippen LogP contribution in [0.4, 0.5) is 11.6 Å². The molecule has 3 aromatic rings. The predicted octanol–water partition coefficient (Wildman–Crippen LogP) is 1.64. The molecule has 1 saturated carbocycles. The number of primary amides is 1. The molecule has 5 rings (SSSR count). The SMILES string of the molecule is CC1COCCN1c1cc(C2(C(N)=O)CCCCC2)c2c(N)nn(-c3ccn[nH]3)c2n1. The molecular formula is C21H28N8O2. The zero-order valence-corrected chi connectivity index (χ0v) is 17.7. The van der Waals surface area contributed by atoms with Gasteiger partial charge >= 0.3 is 0 Å². The van der Waals surface area contributed by atoms with Crippen LogP contribution in [0.2, 0.25) is 0 Å². The summed E-state index contributed by atoms with van der Waals surface area (Å²) in [5.74, 6) is 1.46. The minimum Gasteiger partial charge on any atom is -0.382 e. The number of anilines is 2. The molecule has 1 unspecified atom stereocenters. The second-order valence-corrected chi connectivity index (χ2v) is 8.59. The molecule has 0 radical (unpaired) electrons. The molecule has 1 aliphatic heterocycles. The molecule has 10 heteroatoms. The number of ether oxygens (including phenoxy) is 1. The normalized spacial score (nSPS) is 21.5. The first-order valence-corrected chi connectivity index (χ1v) is 10.8. The first-order valence-electron chi connectivity index (χ1n) is 10.8. The third kappa shape index (κ3) is 3.13. The van der Waals surface area contributed by atoms with Crippen LogP contribution >= 0.6 is 0 Å². The van der Waals surface area contributed by atoms with Crippen LogP contribution in [-0.4, -0.2) is 56.7 Å². The number of nitrogens with two attached hydrogens (primary N) is 2. The second kappa shape index (κ2) is 7.52. The van der Waals surface area contributed by atoms with Crippen molar-refractivity contribution in [3.8, 4) is 5.82 Å². The number of aromatic amines is 1. The van der Waals surface area contributed by atoms with Gasteiger partial charge in [-0.2, -0.15) is 9.78 Å². The fourth-order valence-electron chi connectivity index (χ4n) is 5.06. The van der Waals surface area contributed by atoms with Gasteiger partial charge in [0, 0.05) is 12.6 Å². The third-order valence-corrected chi connectivity index (χ3v) is 6.72. The van der Waals surface area contributed by atoms with E-state index in [9.17, 15) is 4.79 Å². The van der Waals surface area contributed by atoms with Gasteiger partial charge < -0.3 is 21.1 Å². The number of nitrogens with zero attached hydrogens (tertiary/aromatic N) is 5. The summed E-state index contributed by atoms with van der Waals surface area (Å²) >= 11 is 0. The summed E-state index contributed by atoms with van der Waals surface area (Å²) in [6.45, 7) is 4.08. The van der Waals surface area contributed by atoms with Crippen molar-refractivity contribution in [2.75, 3.05) is 30.4 Å². The van der Waals surface area contributed by atoms with Gasteiger partial charge in [-0.05, 0) is 31.4 Å². The van der Waals surface area contributed by atoms with Crippen molar-refractivity contribution >= 4 is 28.6 Å². The summed E-state index contributed by atoms with van der Waals surface area (Å²) < 4.78 is 7.28. The van der Waals surface area contributed by atoms with E-state index in [1.54, 1.807) is 10.9 Å². The summed E-state index contributed by atoms with van der Waals surface area (Å²) in [5, 5.41) is 12.2. The average Bonchev–Trinajstić information content (AvgIpc) is 3.42. The van der Waals surface area contributed by atoms with Crippen LogP contribution < -0.4 is 16.4 Å². The number of hydrogen-bond donors (Lipinski definition) is 3. The zero-order valence-electron chi connectivity index (χ0n) is 17.7. The Hall–Kier alpha value is -3.14. The monoisotopic (exact) mass is 424 g/mol. The Kier molecular flexibility index (Phi) is 4.81. The number of H-pyrrole nitrogens is 1. The summed E-state index contributed by atoms with van der Waals surface area (Å²) in [4.78, 5) is 20.1. The first-order chi connectivity index (χ1) is 15.0. The average molecular weight is 425 g/mol. The summed E-state index contributed by atoms with van der Waals surface area (Å²) in [7, 11) is 0. The number of carbonyl (C=O) groups excluding carboxylic acids is 1. The van der Waals surface area contributed by atoms with Crippen molar-refractivity contribution in [2.24, 2.45) is 5.73 Å². The molecule has 2 fully saturated rings. The molecule has 164 valence electrons. The lowest BCUT2D eigenvalue weighted by molar-refractivity contribution is -0.124. The molecule has 10 nitrogen and oxygen atoms in total. The van der Waals surface area contributed by atoms with E-state index >= 15 is 0 Å². The van der Waals surface area contributed by atoms with E-state index < -0.39 is 5.41 Å². The summed E-state index contributed by atoms with van der Waals surface area (Å²) in [5.41, 5.74) is 13.1. The second-order valence-electron chi connectivity index (χ2n) is 8.59. The highest BCUT2D eigenvalue weighted by atomic mass is 16.5. The van der Waals surface area contributed by atoms with Gasteiger partial charge in [-0.15, -0.1) is 5.10 Å². The molecule has 1 aliphatic carbocycles. The summed E-state index contributed by atoms with van der Waals surface area (Å²) in [6, 6.07) is 3.97. The van der Waals surface area contributed by atoms with Crippen LogP contribution in [0.3, 0.4) is 0 Å². The number of nitrogens with one attached hydrogen (secondary N) is 1. The zero-order chi connectivity index (χ0) is 21.6. The molecule has 4 heterocycles. The highest BCUT2D eigenvalue weighted by Gasteiger charge is 2.42. The maximum absolute atomic E-state index is 12.9. The van der Waals surface area contributed by atoms with Crippen molar-refractivity contribution in [1.82, 2.24) is 25.0 Å². The Labute approximate surface area is 179 Å². The van der Waals surface area contributed by atoms with Crippen molar-refractivity contribution < 1.29 is 9.53 Å². The van der Waals surface area contributed by atoms with Gasteiger partial charge in [0.25, 0.3) is 0 Å². The molecule has 1 amide bonds. The Balaban J connectivity index is 1.80. The van der Waals surface area contributed by atoms with E-state index in [2.05, 4.69) is 27.1 Å². The number of fused-ring (bicyclic) bond motifs is 1. The standard InChI is InChI=1S/C21H28N8O2/c1-13-12-31-10-9-28(13)16-11-14(21(20(23)30)6-3-2-4-7-21)17-18(22)27-29(19(17)25-16)15-5-8-24-26-15/h5,8,11,13H,2-4,6-7,9-10,12H2,1H3,(H2,22,27)(H2,23,30)(H,24,26). The van der Waals surface area contributed by atoms with Crippen LogP contribution in [0.1, 0.15) is 44.6 Å². The van der Waals surface area contributed by atoms with E-state index in [1.165, 1.54) is 0 Å². The van der Waals surface area contributed by atoms with Crippen LogP contribution in [-0.2, 0) is 14.9 Å². The Morgan fingerprint density at radius 1 is 1.32 bits per heavy atom. The minimum absolute atomic E-state index is 0.156. The van der Waals surface area contributed by atoms with Gasteiger partial charge in [0.1, 0.15) is 5.82 Å². The molecule has 1 atom stereocenters. The fraction of sp³-hybridized carbons (Fsp3) is 0.524. The smallest absolute Gasteiger partial charge is 0.228 e. The number of amides is 1. The van der Waals surface area contributed by atoms with Gasteiger partial charge in [-0.1, -0.05) is 19.3 Å². The van der Waals surface area contributed by atoms with E-state index in [0.29, 0.717) is 48.7 Å². The van der Waals surface area contributed by atoms with Crippen LogP contribution in [0, 0.1) is 0 Å². The Morgan fingerprint density at radius 2 is 2.13 bits per heavy atom. The number of carbonyl (C=O) groups is 1. The number of pyridine rings is 1. The number of aromatic nitrogens is 5. The molecule has 5 N–H and O–H groups in total. The van der Waals surface area contributed by atoms with Crippen molar-refractivity contribution in [1.29, 1.82) is 0 Å². The lowest BCUT2D eigenvalue weighted by Crippen LogP contribution is -2.45. The first kappa shape index (κ1) is 19.8. The number of hydrogen-bond acceptors (Lipinski definition) is 7. The van der Waals surface area contributed by atoms with Crippen LogP contribution in [0.15, 0.2) is 18.3 Å². The lowest BCUT2D eigenvalue weighted by atomic mass is 9.68. The number of rotatable bonds is 4. The molecule has 3 aromatic heterocycles. The van der Waals surface area contributed by atoms with E-state index in [4.69, 9.17) is 21.2 Å². The molecule has 0 spiro atoms. The van der Waals surface area contributed by atoms with Crippen molar-refractivity contribution in [3.05, 3.63) is 23.9 Å². The number of nitrogen functional groups attached to an aromatic ring is 1.